The minimum absolute atomic E-state index is 0.225. The summed E-state index contributed by atoms with van der Waals surface area (Å²) in [4.78, 5) is 26.1. The minimum atomic E-state index is -0.249. The number of fused-ring (bicyclic) bond motifs is 1. The quantitative estimate of drug-likeness (QED) is 0.763. The Morgan fingerprint density at radius 1 is 1.25 bits per heavy atom. The van der Waals surface area contributed by atoms with Crippen molar-refractivity contribution in [2.45, 2.75) is 19.5 Å². The zero-order chi connectivity index (χ0) is 14.4. The molecule has 0 saturated carbocycles. The molecule has 1 N–H and O–H groups in total. The molecule has 0 aromatic carbocycles. The zero-order valence-corrected chi connectivity index (χ0v) is 12.3. The Morgan fingerprint density at radius 2 is 2.00 bits per heavy atom. The first kappa shape index (κ1) is 13.6. The van der Waals surface area contributed by atoms with Crippen LogP contribution in [0.4, 0.5) is 0 Å². The second-order valence-electron chi connectivity index (χ2n) is 6.13. The molecule has 20 heavy (non-hydrogen) atoms. The Balaban J connectivity index is 1.86. The van der Waals surface area contributed by atoms with Gasteiger partial charge in [0.1, 0.15) is 0 Å². The van der Waals surface area contributed by atoms with Crippen LogP contribution in [0.2, 0.25) is 0 Å². The third kappa shape index (κ3) is 2.03. The van der Waals surface area contributed by atoms with Crippen molar-refractivity contribution in [1.29, 1.82) is 0 Å². The number of hydrogen-bond acceptors (Lipinski definition) is 4. The van der Waals surface area contributed by atoms with Crippen molar-refractivity contribution in [2.75, 3.05) is 19.6 Å². The number of nitrogens with one attached hydrogen (secondary N) is 1. The third-order valence-electron chi connectivity index (χ3n) is 5.05. The molecular weight excluding hydrogens is 256 g/mol. The lowest BCUT2D eigenvalue weighted by Crippen LogP contribution is -2.40. The molecule has 0 bridgehead atoms. The largest absolute Gasteiger partial charge is 0.330 e. The SMILES string of the molecule is CC1C2CNCC2CN1Cc1cc(=O)n(C)c(=O)n1C. The first-order valence-electron chi connectivity index (χ1n) is 7.19. The first-order valence-corrected chi connectivity index (χ1v) is 7.19. The summed E-state index contributed by atoms with van der Waals surface area (Å²) in [6.45, 7) is 6.13. The number of likely N-dealkylation sites (tertiary alicyclic amines) is 1. The fourth-order valence-corrected chi connectivity index (χ4v) is 3.60. The Labute approximate surface area is 118 Å². The van der Waals surface area contributed by atoms with Gasteiger partial charge in [0, 0.05) is 45.0 Å². The van der Waals surface area contributed by atoms with E-state index < -0.39 is 0 Å². The Kier molecular flexibility index (Phi) is 3.30. The molecule has 3 unspecified atom stereocenters. The van der Waals surface area contributed by atoms with Crippen LogP contribution in [0.1, 0.15) is 12.6 Å². The average molecular weight is 278 g/mol. The van der Waals surface area contributed by atoms with Crippen molar-refractivity contribution >= 4 is 0 Å². The fourth-order valence-electron chi connectivity index (χ4n) is 3.60. The molecule has 2 fully saturated rings. The molecule has 110 valence electrons. The van der Waals surface area contributed by atoms with E-state index in [4.69, 9.17) is 0 Å². The van der Waals surface area contributed by atoms with Crippen LogP contribution < -0.4 is 16.6 Å². The van der Waals surface area contributed by atoms with Gasteiger partial charge in [0.2, 0.25) is 0 Å². The van der Waals surface area contributed by atoms with Crippen LogP contribution in [0.25, 0.3) is 0 Å². The standard InChI is InChI=1S/C14H22N4O2/c1-9-12-6-15-5-10(12)7-18(9)8-11-4-13(19)17(3)14(20)16(11)2/h4,9-10,12,15H,5-8H2,1-3H3. The Morgan fingerprint density at radius 3 is 2.70 bits per heavy atom. The molecule has 2 aliphatic rings. The van der Waals surface area contributed by atoms with Crippen LogP contribution in [0, 0.1) is 11.8 Å². The van der Waals surface area contributed by atoms with E-state index in [1.54, 1.807) is 17.7 Å². The van der Waals surface area contributed by atoms with Crippen LogP contribution in [0.5, 0.6) is 0 Å². The van der Waals surface area contributed by atoms with Gasteiger partial charge in [-0.1, -0.05) is 0 Å². The van der Waals surface area contributed by atoms with Crippen molar-refractivity contribution in [3.05, 3.63) is 32.6 Å². The summed E-state index contributed by atoms with van der Waals surface area (Å²) in [5, 5.41) is 3.44. The molecule has 3 heterocycles. The second-order valence-corrected chi connectivity index (χ2v) is 6.13. The molecule has 6 nitrogen and oxygen atoms in total. The molecule has 6 heteroatoms. The minimum Gasteiger partial charge on any atom is -0.316 e. The molecule has 0 aliphatic carbocycles. The van der Waals surface area contributed by atoms with Crippen LogP contribution in [0.15, 0.2) is 15.7 Å². The molecule has 1 aromatic rings. The maximum absolute atomic E-state index is 12.0. The van der Waals surface area contributed by atoms with Crippen LogP contribution in [-0.4, -0.2) is 39.7 Å². The molecule has 0 amide bonds. The molecule has 0 spiro atoms. The van der Waals surface area contributed by atoms with E-state index >= 15 is 0 Å². The molecule has 3 rings (SSSR count). The maximum atomic E-state index is 12.0. The molecule has 3 atom stereocenters. The van der Waals surface area contributed by atoms with E-state index in [2.05, 4.69) is 17.1 Å². The van der Waals surface area contributed by atoms with Gasteiger partial charge in [-0.15, -0.1) is 0 Å². The van der Waals surface area contributed by atoms with Crippen LogP contribution >= 0.6 is 0 Å². The van der Waals surface area contributed by atoms with E-state index in [9.17, 15) is 9.59 Å². The zero-order valence-electron chi connectivity index (χ0n) is 12.3. The number of aromatic nitrogens is 2. The number of nitrogens with zero attached hydrogens (tertiary/aromatic N) is 3. The van der Waals surface area contributed by atoms with Gasteiger partial charge >= 0.3 is 5.69 Å². The third-order valence-corrected chi connectivity index (χ3v) is 5.05. The summed E-state index contributed by atoms with van der Waals surface area (Å²) in [6.07, 6.45) is 0. The van der Waals surface area contributed by atoms with Crippen molar-refractivity contribution in [3.8, 4) is 0 Å². The van der Waals surface area contributed by atoms with E-state index in [1.807, 2.05) is 0 Å². The maximum Gasteiger partial charge on any atom is 0.330 e. The smallest absolute Gasteiger partial charge is 0.316 e. The van der Waals surface area contributed by atoms with Crippen molar-refractivity contribution < 1.29 is 0 Å². The van der Waals surface area contributed by atoms with Gasteiger partial charge in [0.25, 0.3) is 5.56 Å². The topological polar surface area (TPSA) is 59.3 Å². The van der Waals surface area contributed by atoms with Crippen molar-refractivity contribution in [2.24, 2.45) is 25.9 Å². The second kappa shape index (κ2) is 4.86. The Hall–Kier alpha value is -1.40. The van der Waals surface area contributed by atoms with E-state index in [0.29, 0.717) is 24.4 Å². The molecular formula is C14H22N4O2. The van der Waals surface area contributed by atoms with Gasteiger partial charge in [-0.3, -0.25) is 18.8 Å². The highest BCUT2D eigenvalue weighted by Gasteiger charge is 2.41. The Bertz CT molecular complexity index is 633. The van der Waals surface area contributed by atoms with Crippen LogP contribution in [-0.2, 0) is 20.6 Å². The summed E-state index contributed by atoms with van der Waals surface area (Å²) >= 11 is 0. The highest BCUT2D eigenvalue weighted by Crippen LogP contribution is 2.32. The predicted molar refractivity (Wildman–Crippen MR) is 76.6 cm³/mol. The molecule has 1 aromatic heterocycles. The summed E-state index contributed by atoms with van der Waals surface area (Å²) in [5.74, 6) is 1.40. The fraction of sp³-hybridized carbons (Fsp3) is 0.714. The lowest BCUT2D eigenvalue weighted by molar-refractivity contribution is 0.225. The van der Waals surface area contributed by atoms with E-state index in [1.165, 1.54) is 7.05 Å². The molecule has 0 radical (unpaired) electrons. The van der Waals surface area contributed by atoms with Gasteiger partial charge in [0.05, 0.1) is 0 Å². The highest BCUT2D eigenvalue weighted by atomic mass is 16.2. The van der Waals surface area contributed by atoms with Crippen molar-refractivity contribution in [1.82, 2.24) is 19.4 Å². The highest BCUT2D eigenvalue weighted by molar-refractivity contribution is 5.05. The van der Waals surface area contributed by atoms with Gasteiger partial charge in [-0.05, 0) is 31.8 Å². The van der Waals surface area contributed by atoms with Gasteiger partial charge < -0.3 is 5.32 Å². The van der Waals surface area contributed by atoms with Gasteiger partial charge in [-0.2, -0.15) is 0 Å². The monoisotopic (exact) mass is 278 g/mol. The van der Waals surface area contributed by atoms with E-state index in [0.717, 1.165) is 29.9 Å². The average Bonchev–Trinajstić information content (AvgIpc) is 2.98. The molecule has 2 aliphatic heterocycles. The lowest BCUT2D eigenvalue weighted by atomic mass is 9.95. The predicted octanol–water partition coefficient (Wildman–Crippen LogP) is -0.876. The summed E-state index contributed by atoms with van der Waals surface area (Å²) in [6, 6.07) is 2.08. The lowest BCUT2D eigenvalue weighted by Gasteiger charge is -2.25. The summed E-state index contributed by atoms with van der Waals surface area (Å²) < 4.78 is 2.73. The summed E-state index contributed by atoms with van der Waals surface area (Å²) in [5.41, 5.74) is 0.330. The van der Waals surface area contributed by atoms with Gasteiger partial charge in [0.15, 0.2) is 0 Å². The number of rotatable bonds is 2. The van der Waals surface area contributed by atoms with Crippen molar-refractivity contribution in [3.63, 3.8) is 0 Å². The first-order chi connectivity index (χ1) is 9.49. The molecule has 2 saturated heterocycles. The van der Waals surface area contributed by atoms with Gasteiger partial charge in [-0.25, -0.2) is 4.79 Å². The number of hydrogen-bond donors (Lipinski definition) is 1. The normalized spacial score (nSPS) is 29.9. The van der Waals surface area contributed by atoms with Crippen LogP contribution in [0.3, 0.4) is 0 Å². The summed E-state index contributed by atoms with van der Waals surface area (Å²) in [7, 11) is 3.25. The van der Waals surface area contributed by atoms with E-state index in [-0.39, 0.29) is 11.2 Å².